The Hall–Kier alpha value is -0.330. The van der Waals surface area contributed by atoms with Crippen molar-refractivity contribution < 1.29 is 18.3 Å². The Morgan fingerprint density at radius 3 is 2.12 bits per heavy atom. The predicted molar refractivity (Wildman–Crippen MR) is 59.5 cm³/mol. The Kier molecular flexibility index (Phi) is 4.43. The van der Waals surface area contributed by atoms with Crippen LogP contribution < -0.4 is 5.73 Å². The van der Waals surface area contributed by atoms with E-state index in [2.05, 4.69) is 0 Å². The Morgan fingerprint density at radius 1 is 1.29 bits per heavy atom. The number of aliphatic hydroxyl groups excluding tert-OH is 1. The highest BCUT2D eigenvalue weighted by molar-refractivity contribution is 5.00. The monoisotopic (exact) mass is 254 g/mol. The lowest BCUT2D eigenvalue weighted by atomic mass is 9.94. The van der Waals surface area contributed by atoms with Crippen LogP contribution in [0.4, 0.5) is 13.2 Å². The van der Waals surface area contributed by atoms with E-state index < -0.39 is 18.3 Å². The van der Waals surface area contributed by atoms with E-state index in [1.54, 1.807) is 13.8 Å². The van der Waals surface area contributed by atoms with Gasteiger partial charge in [0.05, 0.1) is 18.7 Å². The van der Waals surface area contributed by atoms with E-state index in [0.717, 1.165) is 12.8 Å². The number of aliphatic hydroxyl groups is 1. The van der Waals surface area contributed by atoms with Gasteiger partial charge in [0, 0.05) is 12.6 Å². The van der Waals surface area contributed by atoms with Gasteiger partial charge >= 0.3 is 6.18 Å². The van der Waals surface area contributed by atoms with Gasteiger partial charge in [0.15, 0.2) is 0 Å². The van der Waals surface area contributed by atoms with Crippen molar-refractivity contribution in [3.8, 4) is 0 Å². The van der Waals surface area contributed by atoms with Gasteiger partial charge in [0.2, 0.25) is 0 Å². The second-order valence-corrected chi connectivity index (χ2v) is 5.28. The molecule has 102 valence electrons. The van der Waals surface area contributed by atoms with Crippen molar-refractivity contribution in [1.82, 2.24) is 4.90 Å². The summed E-state index contributed by atoms with van der Waals surface area (Å²) in [5.74, 6) is 0.155. The lowest BCUT2D eigenvalue weighted by Gasteiger charge is -2.36. The third-order valence-corrected chi connectivity index (χ3v) is 3.29. The molecule has 0 bridgehead atoms. The smallest absolute Gasteiger partial charge is 0.394 e. The van der Waals surface area contributed by atoms with E-state index >= 15 is 0 Å². The van der Waals surface area contributed by atoms with Crippen LogP contribution in [0.5, 0.6) is 0 Å². The maximum absolute atomic E-state index is 12.4. The second-order valence-electron chi connectivity index (χ2n) is 5.28. The van der Waals surface area contributed by atoms with Crippen LogP contribution in [0.2, 0.25) is 0 Å². The number of rotatable bonds is 6. The van der Waals surface area contributed by atoms with E-state index in [0.29, 0.717) is 0 Å². The molecule has 0 aromatic heterocycles. The molecule has 6 heteroatoms. The average molecular weight is 254 g/mol. The molecule has 1 aliphatic carbocycles. The highest BCUT2D eigenvalue weighted by Crippen LogP contribution is 2.39. The largest absolute Gasteiger partial charge is 0.401 e. The maximum atomic E-state index is 12.4. The minimum Gasteiger partial charge on any atom is -0.394 e. The molecule has 0 aromatic rings. The normalized spacial score (nSPS) is 21.0. The van der Waals surface area contributed by atoms with Gasteiger partial charge in [-0.3, -0.25) is 4.90 Å². The zero-order valence-electron chi connectivity index (χ0n) is 10.3. The van der Waals surface area contributed by atoms with Crippen LogP contribution in [0, 0.1) is 5.92 Å². The summed E-state index contributed by atoms with van der Waals surface area (Å²) in [4.78, 5) is 1.29. The molecule has 3 N–H and O–H groups in total. The van der Waals surface area contributed by atoms with Crippen LogP contribution in [0.15, 0.2) is 0 Å². The Morgan fingerprint density at radius 2 is 1.82 bits per heavy atom. The third-order valence-electron chi connectivity index (χ3n) is 3.29. The van der Waals surface area contributed by atoms with Gasteiger partial charge in [0.25, 0.3) is 0 Å². The lowest BCUT2D eigenvalue weighted by molar-refractivity contribution is -0.152. The molecule has 1 aliphatic rings. The highest BCUT2D eigenvalue weighted by Gasteiger charge is 2.44. The van der Waals surface area contributed by atoms with Crippen molar-refractivity contribution in [2.45, 2.75) is 44.4 Å². The van der Waals surface area contributed by atoms with Gasteiger partial charge in [-0.05, 0) is 32.6 Å². The molecule has 0 aliphatic heterocycles. The molecule has 3 nitrogen and oxygen atoms in total. The molecule has 17 heavy (non-hydrogen) atoms. The molecule has 0 heterocycles. The quantitative estimate of drug-likeness (QED) is 0.752. The van der Waals surface area contributed by atoms with Gasteiger partial charge in [-0.25, -0.2) is 0 Å². The fourth-order valence-corrected chi connectivity index (χ4v) is 2.00. The summed E-state index contributed by atoms with van der Waals surface area (Å²) in [6.07, 6.45) is -2.44. The van der Waals surface area contributed by atoms with Gasteiger partial charge in [-0.2, -0.15) is 13.2 Å². The molecular formula is C11H21F3N2O. The summed E-state index contributed by atoms with van der Waals surface area (Å²) in [6, 6.07) is -0.246. The SMILES string of the molecule is CC(C)N(CC(F)(F)F)CC(N)(CO)C1CC1. The van der Waals surface area contributed by atoms with Crippen LogP contribution in [0.1, 0.15) is 26.7 Å². The minimum absolute atomic E-state index is 0.0886. The Bertz CT molecular complexity index is 254. The number of hydrogen-bond acceptors (Lipinski definition) is 3. The van der Waals surface area contributed by atoms with Crippen LogP contribution in [-0.4, -0.2) is 47.5 Å². The zero-order chi connectivity index (χ0) is 13.3. The van der Waals surface area contributed by atoms with E-state index in [4.69, 9.17) is 5.73 Å². The van der Waals surface area contributed by atoms with Crippen LogP contribution >= 0.6 is 0 Å². The van der Waals surface area contributed by atoms with Crippen LogP contribution in [-0.2, 0) is 0 Å². The minimum atomic E-state index is -4.23. The standard InChI is InChI=1S/C11H21F3N2O/c1-8(2)16(6-11(12,13)14)5-10(15,7-17)9-3-4-9/h8-9,17H,3-7,15H2,1-2H3. The number of alkyl halides is 3. The predicted octanol–water partition coefficient (Wildman–Crippen LogP) is 1.36. The van der Waals surface area contributed by atoms with E-state index in [1.807, 2.05) is 0 Å². The van der Waals surface area contributed by atoms with Crippen molar-refractivity contribution in [1.29, 1.82) is 0 Å². The van der Waals surface area contributed by atoms with E-state index in [1.165, 1.54) is 4.90 Å². The highest BCUT2D eigenvalue weighted by atomic mass is 19.4. The summed E-state index contributed by atoms with van der Waals surface area (Å²) < 4.78 is 37.3. The van der Waals surface area contributed by atoms with Crippen molar-refractivity contribution >= 4 is 0 Å². The van der Waals surface area contributed by atoms with Crippen molar-refractivity contribution in [2.75, 3.05) is 19.7 Å². The topological polar surface area (TPSA) is 49.5 Å². The first kappa shape index (κ1) is 14.7. The van der Waals surface area contributed by atoms with Crippen molar-refractivity contribution in [3.05, 3.63) is 0 Å². The molecule has 0 aromatic carbocycles. The molecule has 1 rings (SSSR count). The molecule has 0 radical (unpaired) electrons. The molecule has 0 amide bonds. The summed E-state index contributed by atoms with van der Waals surface area (Å²) >= 11 is 0. The van der Waals surface area contributed by atoms with Gasteiger partial charge in [-0.15, -0.1) is 0 Å². The van der Waals surface area contributed by atoms with Crippen molar-refractivity contribution in [3.63, 3.8) is 0 Å². The molecule has 0 spiro atoms. The van der Waals surface area contributed by atoms with Gasteiger partial charge in [0.1, 0.15) is 0 Å². The van der Waals surface area contributed by atoms with E-state index in [-0.39, 0.29) is 25.1 Å². The number of hydrogen-bond donors (Lipinski definition) is 2. The fraction of sp³-hybridized carbons (Fsp3) is 1.00. The summed E-state index contributed by atoms with van der Waals surface area (Å²) in [5.41, 5.74) is 5.11. The zero-order valence-corrected chi connectivity index (χ0v) is 10.3. The summed E-state index contributed by atoms with van der Waals surface area (Å²) in [7, 11) is 0. The second kappa shape index (κ2) is 5.12. The van der Waals surface area contributed by atoms with Crippen LogP contribution in [0.25, 0.3) is 0 Å². The Labute approximate surface area is 99.8 Å². The molecule has 1 atom stereocenters. The van der Waals surface area contributed by atoms with Crippen molar-refractivity contribution in [2.24, 2.45) is 11.7 Å². The lowest BCUT2D eigenvalue weighted by Crippen LogP contribution is -2.57. The maximum Gasteiger partial charge on any atom is 0.401 e. The first-order chi connectivity index (χ1) is 7.68. The molecular weight excluding hydrogens is 233 g/mol. The molecule has 0 saturated heterocycles. The third kappa shape index (κ3) is 4.44. The molecule has 1 unspecified atom stereocenters. The number of halogens is 3. The number of nitrogens with zero attached hydrogens (tertiary/aromatic N) is 1. The average Bonchev–Trinajstić information content (AvgIpc) is 2.97. The first-order valence-corrected chi connectivity index (χ1v) is 5.88. The van der Waals surface area contributed by atoms with Gasteiger partial charge < -0.3 is 10.8 Å². The fourth-order valence-electron chi connectivity index (χ4n) is 2.00. The molecule has 1 saturated carbocycles. The van der Waals surface area contributed by atoms with Crippen LogP contribution in [0.3, 0.4) is 0 Å². The van der Waals surface area contributed by atoms with Gasteiger partial charge in [-0.1, -0.05) is 0 Å². The summed E-state index contributed by atoms with van der Waals surface area (Å²) in [5, 5.41) is 9.29. The first-order valence-electron chi connectivity index (χ1n) is 5.88. The molecule has 1 fully saturated rings. The summed E-state index contributed by atoms with van der Waals surface area (Å²) in [6.45, 7) is 2.26. The van der Waals surface area contributed by atoms with E-state index in [9.17, 15) is 18.3 Å². The number of nitrogens with two attached hydrogens (primary N) is 1. The Balaban J connectivity index is 2.65.